The molecular formula is C13H16N2O2. The quantitative estimate of drug-likeness (QED) is 0.772. The number of carbonyl (C=O) groups is 1. The second-order valence-electron chi connectivity index (χ2n) is 4.98. The van der Waals surface area contributed by atoms with Crippen molar-refractivity contribution < 1.29 is 9.90 Å². The third kappa shape index (κ3) is 1.60. The van der Waals surface area contributed by atoms with E-state index in [1.54, 1.807) is 6.07 Å². The molecule has 0 aromatic heterocycles. The van der Waals surface area contributed by atoms with Crippen LogP contribution in [-0.4, -0.2) is 42.2 Å². The maximum absolute atomic E-state index is 11.2. The first-order valence-corrected chi connectivity index (χ1v) is 5.98. The number of para-hydroxylation sites is 1. The summed E-state index contributed by atoms with van der Waals surface area (Å²) >= 11 is 0. The molecule has 1 aromatic carbocycles. The molecule has 3 rings (SSSR count). The van der Waals surface area contributed by atoms with Gasteiger partial charge < -0.3 is 15.3 Å². The van der Waals surface area contributed by atoms with Crippen molar-refractivity contribution in [2.24, 2.45) is 0 Å². The van der Waals surface area contributed by atoms with Crippen LogP contribution in [0.25, 0.3) is 0 Å². The number of likely N-dealkylation sites (tertiary alicyclic amines) is 1. The molecular weight excluding hydrogens is 216 g/mol. The van der Waals surface area contributed by atoms with Crippen LogP contribution in [0.5, 0.6) is 0 Å². The molecule has 2 N–H and O–H groups in total. The SMILES string of the molecule is CN1CCC2Nc3c(C(=O)O)cccc3C2C1. The first-order valence-electron chi connectivity index (χ1n) is 5.98. The van der Waals surface area contributed by atoms with E-state index >= 15 is 0 Å². The molecule has 0 amide bonds. The lowest BCUT2D eigenvalue weighted by atomic mass is 9.89. The summed E-state index contributed by atoms with van der Waals surface area (Å²) in [6, 6.07) is 5.98. The van der Waals surface area contributed by atoms with Gasteiger partial charge in [0.1, 0.15) is 0 Å². The van der Waals surface area contributed by atoms with E-state index in [9.17, 15) is 9.90 Å². The molecule has 17 heavy (non-hydrogen) atoms. The van der Waals surface area contributed by atoms with E-state index in [2.05, 4.69) is 23.3 Å². The van der Waals surface area contributed by atoms with Gasteiger partial charge in [0.05, 0.1) is 11.3 Å². The van der Waals surface area contributed by atoms with E-state index < -0.39 is 5.97 Å². The van der Waals surface area contributed by atoms with Gasteiger partial charge in [-0.3, -0.25) is 0 Å². The van der Waals surface area contributed by atoms with Crippen LogP contribution in [0.1, 0.15) is 28.3 Å². The minimum atomic E-state index is -0.846. The molecule has 1 saturated heterocycles. The van der Waals surface area contributed by atoms with Crippen molar-refractivity contribution in [1.82, 2.24) is 4.90 Å². The number of piperidine rings is 1. The zero-order chi connectivity index (χ0) is 12.0. The van der Waals surface area contributed by atoms with E-state index in [1.807, 2.05) is 6.07 Å². The van der Waals surface area contributed by atoms with Gasteiger partial charge in [-0.1, -0.05) is 12.1 Å². The number of nitrogens with one attached hydrogen (secondary N) is 1. The average molecular weight is 232 g/mol. The fourth-order valence-corrected chi connectivity index (χ4v) is 3.01. The molecule has 2 heterocycles. The highest BCUT2D eigenvalue weighted by Crippen LogP contribution is 2.41. The molecule has 1 fully saturated rings. The summed E-state index contributed by atoms with van der Waals surface area (Å²) in [5.41, 5.74) is 2.41. The van der Waals surface area contributed by atoms with E-state index in [0.717, 1.165) is 25.2 Å². The molecule has 4 heteroatoms. The van der Waals surface area contributed by atoms with Gasteiger partial charge in [0, 0.05) is 18.5 Å². The number of carboxylic acid groups (broad SMARTS) is 1. The van der Waals surface area contributed by atoms with Gasteiger partial charge in [0.15, 0.2) is 0 Å². The van der Waals surface area contributed by atoms with Crippen molar-refractivity contribution in [3.63, 3.8) is 0 Å². The fraction of sp³-hybridized carbons (Fsp3) is 0.462. The van der Waals surface area contributed by atoms with Gasteiger partial charge >= 0.3 is 5.97 Å². The van der Waals surface area contributed by atoms with Gasteiger partial charge in [-0.2, -0.15) is 0 Å². The number of aromatic carboxylic acids is 1. The van der Waals surface area contributed by atoms with Crippen LogP contribution >= 0.6 is 0 Å². The fourth-order valence-electron chi connectivity index (χ4n) is 3.01. The van der Waals surface area contributed by atoms with Crippen LogP contribution < -0.4 is 5.32 Å². The Morgan fingerprint density at radius 2 is 2.35 bits per heavy atom. The molecule has 2 aliphatic rings. The van der Waals surface area contributed by atoms with Crippen LogP contribution in [0.4, 0.5) is 5.69 Å². The molecule has 0 aliphatic carbocycles. The topological polar surface area (TPSA) is 52.6 Å². The lowest BCUT2D eigenvalue weighted by molar-refractivity contribution is 0.0698. The molecule has 2 atom stereocenters. The number of benzene rings is 1. The number of hydrogen-bond acceptors (Lipinski definition) is 3. The van der Waals surface area contributed by atoms with Crippen LogP contribution in [0, 0.1) is 0 Å². The van der Waals surface area contributed by atoms with E-state index in [4.69, 9.17) is 0 Å². The van der Waals surface area contributed by atoms with Crippen molar-refractivity contribution in [2.45, 2.75) is 18.4 Å². The summed E-state index contributed by atoms with van der Waals surface area (Å²) < 4.78 is 0. The lowest BCUT2D eigenvalue weighted by Crippen LogP contribution is -2.39. The van der Waals surface area contributed by atoms with Crippen molar-refractivity contribution in [3.8, 4) is 0 Å². The molecule has 0 saturated carbocycles. The molecule has 90 valence electrons. The predicted octanol–water partition coefficient (Wildman–Crippen LogP) is 1.60. The average Bonchev–Trinajstić information content (AvgIpc) is 2.66. The molecule has 2 unspecified atom stereocenters. The second-order valence-corrected chi connectivity index (χ2v) is 4.98. The van der Waals surface area contributed by atoms with E-state index in [1.165, 1.54) is 5.56 Å². The molecule has 0 radical (unpaired) electrons. The largest absolute Gasteiger partial charge is 0.478 e. The van der Waals surface area contributed by atoms with Crippen molar-refractivity contribution in [1.29, 1.82) is 0 Å². The summed E-state index contributed by atoms with van der Waals surface area (Å²) in [5, 5.41) is 12.6. The number of rotatable bonds is 1. The van der Waals surface area contributed by atoms with Crippen LogP contribution in [0.3, 0.4) is 0 Å². The number of hydrogen-bond donors (Lipinski definition) is 2. The third-order valence-electron chi connectivity index (χ3n) is 3.87. The molecule has 0 bridgehead atoms. The third-order valence-corrected chi connectivity index (χ3v) is 3.87. The van der Waals surface area contributed by atoms with Crippen molar-refractivity contribution in [2.75, 3.05) is 25.5 Å². The predicted molar refractivity (Wildman–Crippen MR) is 65.7 cm³/mol. The van der Waals surface area contributed by atoms with Gasteiger partial charge in [0.25, 0.3) is 0 Å². The minimum absolute atomic E-state index is 0.402. The summed E-state index contributed by atoms with van der Waals surface area (Å²) in [6.45, 7) is 2.08. The summed E-state index contributed by atoms with van der Waals surface area (Å²) in [5.74, 6) is -0.413. The minimum Gasteiger partial charge on any atom is -0.478 e. The Morgan fingerprint density at radius 3 is 3.12 bits per heavy atom. The Balaban J connectivity index is 2.03. The van der Waals surface area contributed by atoms with Gasteiger partial charge in [-0.15, -0.1) is 0 Å². The maximum Gasteiger partial charge on any atom is 0.337 e. The second kappa shape index (κ2) is 3.74. The number of anilines is 1. The number of fused-ring (bicyclic) bond motifs is 3. The summed E-state index contributed by atoms with van der Waals surface area (Å²) in [6.07, 6.45) is 1.08. The number of likely N-dealkylation sites (N-methyl/N-ethyl adjacent to an activating group) is 1. The normalized spacial score (nSPS) is 27.1. The Kier molecular flexibility index (Phi) is 2.33. The lowest BCUT2D eigenvalue weighted by Gasteiger charge is -2.32. The zero-order valence-electron chi connectivity index (χ0n) is 9.81. The molecule has 0 spiro atoms. The molecule has 1 aromatic rings. The van der Waals surface area contributed by atoms with Crippen LogP contribution in [0.15, 0.2) is 18.2 Å². The van der Waals surface area contributed by atoms with Gasteiger partial charge in [-0.25, -0.2) is 4.79 Å². The summed E-state index contributed by atoms with van der Waals surface area (Å²) in [7, 11) is 2.12. The Bertz CT molecular complexity index is 472. The Hall–Kier alpha value is -1.55. The van der Waals surface area contributed by atoms with Gasteiger partial charge in [-0.05, 0) is 31.6 Å². The molecule has 4 nitrogen and oxygen atoms in total. The Labute approximate surface area is 100 Å². The van der Waals surface area contributed by atoms with Crippen molar-refractivity contribution >= 4 is 11.7 Å². The number of nitrogens with zero attached hydrogens (tertiary/aromatic N) is 1. The molecule has 2 aliphatic heterocycles. The smallest absolute Gasteiger partial charge is 0.337 e. The monoisotopic (exact) mass is 232 g/mol. The van der Waals surface area contributed by atoms with Crippen LogP contribution in [0.2, 0.25) is 0 Å². The highest BCUT2D eigenvalue weighted by atomic mass is 16.4. The van der Waals surface area contributed by atoms with Gasteiger partial charge in [0.2, 0.25) is 0 Å². The Morgan fingerprint density at radius 1 is 1.53 bits per heavy atom. The van der Waals surface area contributed by atoms with E-state index in [-0.39, 0.29) is 0 Å². The highest BCUT2D eigenvalue weighted by Gasteiger charge is 2.37. The highest BCUT2D eigenvalue weighted by molar-refractivity contribution is 5.96. The first kappa shape index (κ1) is 10.6. The summed E-state index contributed by atoms with van der Waals surface area (Å²) in [4.78, 5) is 13.5. The maximum atomic E-state index is 11.2. The first-order chi connectivity index (χ1) is 8.16. The van der Waals surface area contributed by atoms with Crippen LogP contribution in [-0.2, 0) is 0 Å². The van der Waals surface area contributed by atoms with Crippen molar-refractivity contribution in [3.05, 3.63) is 29.3 Å². The zero-order valence-corrected chi connectivity index (χ0v) is 9.81. The standard InChI is InChI=1S/C13H16N2O2/c1-15-6-5-11-10(7-15)8-3-2-4-9(13(16)17)12(8)14-11/h2-4,10-11,14H,5-7H2,1H3,(H,16,17). The van der Waals surface area contributed by atoms with E-state index in [0.29, 0.717) is 17.5 Å². The number of carboxylic acids is 1.